The molecule has 2 atom stereocenters. The second-order valence-electron chi connectivity index (χ2n) is 5.95. The van der Waals surface area contributed by atoms with Gasteiger partial charge in [-0.25, -0.2) is 9.97 Å². The number of nitrogens with one attached hydrogen (secondary N) is 1. The van der Waals surface area contributed by atoms with E-state index in [4.69, 9.17) is 5.73 Å². The quantitative estimate of drug-likeness (QED) is 0.872. The molecule has 0 bridgehead atoms. The smallest absolute Gasteiger partial charge is 0.241 e. The minimum atomic E-state index is -0.507. The lowest BCUT2D eigenvalue weighted by atomic mass is 9.96. The van der Waals surface area contributed by atoms with Crippen molar-refractivity contribution < 1.29 is 4.79 Å². The van der Waals surface area contributed by atoms with E-state index in [1.165, 1.54) is 0 Å². The number of nitrogens with zero attached hydrogens (tertiary/aromatic N) is 2. The van der Waals surface area contributed by atoms with Crippen LogP contribution in [0.25, 0.3) is 0 Å². The summed E-state index contributed by atoms with van der Waals surface area (Å²) >= 11 is 0. The van der Waals surface area contributed by atoms with Crippen LogP contribution in [0, 0.1) is 5.92 Å². The van der Waals surface area contributed by atoms with Crippen molar-refractivity contribution in [3.8, 4) is 0 Å². The zero-order chi connectivity index (χ0) is 14.6. The summed E-state index contributed by atoms with van der Waals surface area (Å²) in [6.45, 7) is 10.1. The fraction of sp³-hybridized carbons (Fsp3) is 0.643. The Bertz CT molecular complexity index is 422. The number of aromatic nitrogens is 2. The minimum Gasteiger partial charge on any atom is -0.322 e. The number of nitrogens with two attached hydrogens (primary N) is 1. The molecule has 1 rings (SSSR count). The maximum atomic E-state index is 11.9. The van der Waals surface area contributed by atoms with Crippen molar-refractivity contribution in [2.75, 3.05) is 5.32 Å². The summed E-state index contributed by atoms with van der Waals surface area (Å²) in [5, 5.41) is 2.75. The predicted octanol–water partition coefficient (Wildman–Crippen LogP) is 2.09. The van der Waals surface area contributed by atoms with Gasteiger partial charge in [0.1, 0.15) is 5.82 Å². The molecule has 0 saturated heterocycles. The van der Waals surface area contributed by atoms with Gasteiger partial charge < -0.3 is 11.1 Å². The van der Waals surface area contributed by atoms with Gasteiger partial charge in [0, 0.05) is 5.41 Å². The summed E-state index contributed by atoms with van der Waals surface area (Å²) in [5.41, 5.74) is 6.34. The number of carbonyl (C=O) groups is 1. The van der Waals surface area contributed by atoms with Gasteiger partial charge in [0.05, 0.1) is 24.1 Å². The fourth-order valence-corrected chi connectivity index (χ4v) is 1.52. The topological polar surface area (TPSA) is 80.9 Å². The van der Waals surface area contributed by atoms with Crippen molar-refractivity contribution in [3.05, 3.63) is 18.2 Å². The van der Waals surface area contributed by atoms with Gasteiger partial charge in [-0.1, -0.05) is 41.0 Å². The summed E-state index contributed by atoms with van der Waals surface area (Å²) in [6.07, 6.45) is 4.11. The minimum absolute atomic E-state index is 0.102. The third kappa shape index (κ3) is 4.28. The largest absolute Gasteiger partial charge is 0.322 e. The van der Waals surface area contributed by atoms with E-state index in [2.05, 4.69) is 15.3 Å². The lowest BCUT2D eigenvalue weighted by molar-refractivity contribution is -0.118. The molecule has 0 saturated carbocycles. The van der Waals surface area contributed by atoms with Gasteiger partial charge in [-0.05, 0) is 5.92 Å². The molecule has 1 heterocycles. The van der Waals surface area contributed by atoms with Crippen LogP contribution in [0.1, 0.15) is 46.9 Å². The highest BCUT2D eigenvalue weighted by molar-refractivity contribution is 5.94. The number of amides is 1. The number of rotatable bonds is 4. The van der Waals surface area contributed by atoms with E-state index < -0.39 is 6.04 Å². The Morgan fingerprint density at radius 2 is 1.89 bits per heavy atom. The molecule has 0 aromatic carbocycles. The van der Waals surface area contributed by atoms with Crippen LogP contribution in [0.3, 0.4) is 0 Å². The summed E-state index contributed by atoms with van der Waals surface area (Å²) in [6, 6.07) is -0.507. The van der Waals surface area contributed by atoms with Crippen molar-refractivity contribution in [2.24, 2.45) is 11.7 Å². The molecule has 0 radical (unpaired) electrons. The maximum Gasteiger partial charge on any atom is 0.241 e. The molecular weight excluding hydrogens is 240 g/mol. The van der Waals surface area contributed by atoms with Crippen molar-refractivity contribution >= 4 is 11.6 Å². The van der Waals surface area contributed by atoms with Crippen LogP contribution >= 0.6 is 0 Å². The first-order chi connectivity index (χ1) is 8.75. The van der Waals surface area contributed by atoms with Gasteiger partial charge >= 0.3 is 0 Å². The molecule has 1 amide bonds. The van der Waals surface area contributed by atoms with E-state index in [0.29, 0.717) is 5.69 Å². The second-order valence-corrected chi connectivity index (χ2v) is 5.95. The molecule has 0 aliphatic rings. The van der Waals surface area contributed by atoms with E-state index >= 15 is 0 Å². The average Bonchev–Trinajstić information content (AvgIpc) is 2.36. The second kappa shape index (κ2) is 6.10. The van der Waals surface area contributed by atoms with E-state index in [1.807, 2.05) is 34.6 Å². The molecule has 1 aromatic rings. The van der Waals surface area contributed by atoms with Crippen molar-refractivity contribution in [1.82, 2.24) is 9.97 Å². The lowest BCUT2D eigenvalue weighted by Gasteiger charge is -2.18. The lowest BCUT2D eigenvalue weighted by Crippen LogP contribution is -2.40. The standard InChI is InChI=1S/C14H24N4O/c1-6-9(2)11(15)12(19)18-10-7-16-13(17-8-10)14(3,4)5/h7-9,11H,6,15H2,1-5H3,(H,18,19). The Morgan fingerprint density at radius 3 is 2.32 bits per heavy atom. The SMILES string of the molecule is CCC(C)C(N)C(=O)Nc1cnc(C(C)(C)C)nc1. The molecule has 5 nitrogen and oxygen atoms in total. The zero-order valence-corrected chi connectivity index (χ0v) is 12.4. The first kappa shape index (κ1) is 15.6. The highest BCUT2D eigenvalue weighted by atomic mass is 16.2. The van der Waals surface area contributed by atoms with Crippen molar-refractivity contribution in [3.63, 3.8) is 0 Å². The molecule has 5 heteroatoms. The molecule has 0 fully saturated rings. The third-order valence-corrected chi connectivity index (χ3v) is 3.15. The monoisotopic (exact) mass is 264 g/mol. The molecule has 0 aliphatic heterocycles. The van der Waals surface area contributed by atoms with Crippen LogP contribution in [0.5, 0.6) is 0 Å². The Morgan fingerprint density at radius 1 is 1.37 bits per heavy atom. The van der Waals surface area contributed by atoms with E-state index in [9.17, 15) is 4.79 Å². The van der Waals surface area contributed by atoms with Crippen LogP contribution in [-0.4, -0.2) is 21.9 Å². The van der Waals surface area contributed by atoms with Gasteiger partial charge in [-0.2, -0.15) is 0 Å². The molecule has 1 aromatic heterocycles. The predicted molar refractivity (Wildman–Crippen MR) is 76.8 cm³/mol. The molecule has 19 heavy (non-hydrogen) atoms. The number of carbonyl (C=O) groups excluding carboxylic acids is 1. The average molecular weight is 264 g/mol. The van der Waals surface area contributed by atoms with Gasteiger partial charge in [0.2, 0.25) is 5.91 Å². The van der Waals surface area contributed by atoms with Crippen LogP contribution in [0.15, 0.2) is 12.4 Å². The van der Waals surface area contributed by atoms with Crippen LogP contribution in [-0.2, 0) is 10.2 Å². The van der Waals surface area contributed by atoms with E-state index in [0.717, 1.165) is 12.2 Å². The highest BCUT2D eigenvalue weighted by Crippen LogP contribution is 2.18. The van der Waals surface area contributed by atoms with Gasteiger partial charge in [-0.3, -0.25) is 4.79 Å². The number of hydrogen-bond acceptors (Lipinski definition) is 4. The molecule has 0 spiro atoms. The number of hydrogen-bond donors (Lipinski definition) is 2. The summed E-state index contributed by atoms with van der Waals surface area (Å²) in [5.74, 6) is 0.702. The van der Waals surface area contributed by atoms with Crippen molar-refractivity contribution in [1.29, 1.82) is 0 Å². The van der Waals surface area contributed by atoms with Gasteiger partial charge in [0.25, 0.3) is 0 Å². The third-order valence-electron chi connectivity index (χ3n) is 3.15. The first-order valence-electron chi connectivity index (χ1n) is 6.64. The Balaban J connectivity index is 2.71. The van der Waals surface area contributed by atoms with E-state index in [-0.39, 0.29) is 17.2 Å². The normalized spacial score (nSPS) is 14.8. The van der Waals surface area contributed by atoms with Crippen molar-refractivity contribution in [2.45, 2.75) is 52.5 Å². The summed E-state index contributed by atoms with van der Waals surface area (Å²) < 4.78 is 0. The first-order valence-corrected chi connectivity index (χ1v) is 6.64. The van der Waals surface area contributed by atoms with Crippen LogP contribution in [0.4, 0.5) is 5.69 Å². The maximum absolute atomic E-state index is 11.9. The molecule has 2 unspecified atom stereocenters. The summed E-state index contributed by atoms with van der Waals surface area (Å²) in [4.78, 5) is 20.4. The van der Waals surface area contributed by atoms with Crippen LogP contribution < -0.4 is 11.1 Å². The molecular formula is C14H24N4O. The Labute approximate surface area is 115 Å². The number of anilines is 1. The molecule has 3 N–H and O–H groups in total. The van der Waals surface area contributed by atoms with Gasteiger partial charge in [-0.15, -0.1) is 0 Å². The zero-order valence-electron chi connectivity index (χ0n) is 12.4. The molecule has 106 valence electrons. The fourth-order valence-electron chi connectivity index (χ4n) is 1.52. The van der Waals surface area contributed by atoms with Crippen LogP contribution in [0.2, 0.25) is 0 Å². The summed E-state index contributed by atoms with van der Waals surface area (Å²) in [7, 11) is 0. The molecule has 0 aliphatic carbocycles. The Hall–Kier alpha value is -1.49. The highest BCUT2D eigenvalue weighted by Gasteiger charge is 2.20. The van der Waals surface area contributed by atoms with E-state index in [1.54, 1.807) is 12.4 Å². The van der Waals surface area contributed by atoms with Gasteiger partial charge in [0.15, 0.2) is 0 Å². The Kier molecular flexibility index (Phi) is 5.00.